The summed E-state index contributed by atoms with van der Waals surface area (Å²) < 4.78 is 13.0. The van der Waals surface area contributed by atoms with E-state index in [-0.39, 0.29) is 5.82 Å². The Morgan fingerprint density at radius 3 is 2.21 bits per heavy atom. The van der Waals surface area contributed by atoms with Crippen LogP contribution in [0.3, 0.4) is 0 Å². The second-order valence-corrected chi connectivity index (χ2v) is 3.75. The Balaban J connectivity index is 2.15. The molecule has 3 aromatic rings. The minimum atomic E-state index is -0.292. The van der Waals surface area contributed by atoms with Crippen LogP contribution in [-0.4, -0.2) is 24.9 Å². The smallest absolute Gasteiger partial charge is 0.166 e. The molecule has 19 heavy (non-hydrogen) atoms. The van der Waals surface area contributed by atoms with E-state index in [0.717, 1.165) is 5.56 Å². The van der Waals surface area contributed by atoms with Crippen molar-refractivity contribution < 1.29 is 4.39 Å². The minimum Gasteiger partial charge on any atom is -0.244 e. The normalized spacial score (nSPS) is 10.4. The van der Waals surface area contributed by atoms with Gasteiger partial charge in [0.05, 0.1) is 11.3 Å². The fraction of sp³-hybridized carbons (Fsp3) is 0. The Morgan fingerprint density at radius 2 is 1.47 bits per heavy atom. The van der Waals surface area contributed by atoms with E-state index in [1.165, 1.54) is 31.1 Å². The van der Waals surface area contributed by atoms with Crippen molar-refractivity contribution in [3.8, 4) is 22.6 Å². The van der Waals surface area contributed by atoms with Crippen molar-refractivity contribution in [2.75, 3.05) is 0 Å². The summed E-state index contributed by atoms with van der Waals surface area (Å²) in [4.78, 5) is 20.1. The zero-order valence-corrected chi connectivity index (χ0v) is 9.73. The monoisotopic (exact) mass is 253 g/mol. The van der Waals surface area contributed by atoms with E-state index < -0.39 is 0 Å². The third-order valence-electron chi connectivity index (χ3n) is 2.56. The van der Waals surface area contributed by atoms with Crippen LogP contribution in [-0.2, 0) is 0 Å². The summed E-state index contributed by atoms with van der Waals surface area (Å²) in [6, 6.07) is 6.08. The van der Waals surface area contributed by atoms with E-state index in [2.05, 4.69) is 24.9 Å². The second-order valence-electron chi connectivity index (χ2n) is 3.75. The fourth-order valence-electron chi connectivity index (χ4n) is 1.71. The van der Waals surface area contributed by atoms with Crippen molar-refractivity contribution in [1.82, 2.24) is 24.9 Å². The summed E-state index contributed by atoms with van der Waals surface area (Å²) >= 11 is 0. The molecule has 6 heteroatoms. The van der Waals surface area contributed by atoms with Gasteiger partial charge in [-0.2, -0.15) is 0 Å². The van der Waals surface area contributed by atoms with Gasteiger partial charge in [-0.1, -0.05) is 0 Å². The molecule has 0 aliphatic heterocycles. The van der Waals surface area contributed by atoms with Gasteiger partial charge in [-0.05, 0) is 24.3 Å². The van der Waals surface area contributed by atoms with Crippen LogP contribution in [0.5, 0.6) is 0 Å². The van der Waals surface area contributed by atoms with Crippen LogP contribution in [0.15, 0.2) is 49.4 Å². The van der Waals surface area contributed by atoms with Crippen molar-refractivity contribution >= 4 is 0 Å². The molecule has 92 valence electrons. The lowest BCUT2D eigenvalue weighted by Gasteiger charge is -2.06. The van der Waals surface area contributed by atoms with Crippen LogP contribution in [0.25, 0.3) is 22.6 Å². The highest BCUT2D eigenvalue weighted by molar-refractivity contribution is 5.76. The summed E-state index contributed by atoms with van der Waals surface area (Å²) in [5.74, 6) is 0.189. The SMILES string of the molecule is Fc1ccc(-c2ncncc2-c2ncncn2)cc1. The zero-order valence-electron chi connectivity index (χ0n) is 9.73. The van der Waals surface area contributed by atoms with Crippen molar-refractivity contribution in [1.29, 1.82) is 0 Å². The summed E-state index contributed by atoms with van der Waals surface area (Å²) in [5.41, 5.74) is 2.11. The quantitative estimate of drug-likeness (QED) is 0.700. The highest BCUT2D eigenvalue weighted by Gasteiger charge is 2.11. The standard InChI is InChI=1S/C13H8FN5/c14-10-3-1-9(2-4-10)12-11(5-15-6-17-12)13-18-7-16-8-19-13/h1-8H. The van der Waals surface area contributed by atoms with Crippen molar-refractivity contribution in [2.24, 2.45) is 0 Å². The van der Waals surface area contributed by atoms with Gasteiger partial charge in [0.2, 0.25) is 0 Å². The number of hydrogen-bond donors (Lipinski definition) is 0. The topological polar surface area (TPSA) is 64.5 Å². The zero-order chi connectivity index (χ0) is 13.1. The maximum absolute atomic E-state index is 13.0. The molecule has 1 aromatic carbocycles. The van der Waals surface area contributed by atoms with E-state index >= 15 is 0 Å². The molecular formula is C13H8FN5. The molecule has 0 aliphatic rings. The Kier molecular flexibility index (Phi) is 2.89. The summed E-state index contributed by atoms with van der Waals surface area (Å²) in [6.07, 6.45) is 5.87. The molecule has 0 unspecified atom stereocenters. The maximum Gasteiger partial charge on any atom is 0.166 e. The first kappa shape index (κ1) is 11.3. The third kappa shape index (κ3) is 2.28. The second kappa shape index (κ2) is 4.85. The molecule has 0 fully saturated rings. The molecule has 0 amide bonds. The Bertz CT molecular complexity index is 685. The largest absolute Gasteiger partial charge is 0.244 e. The van der Waals surface area contributed by atoms with Crippen LogP contribution in [0.2, 0.25) is 0 Å². The Morgan fingerprint density at radius 1 is 0.789 bits per heavy atom. The average molecular weight is 253 g/mol. The first-order chi connectivity index (χ1) is 9.34. The molecule has 3 rings (SSSR count). The maximum atomic E-state index is 13.0. The molecule has 0 bridgehead atoms. The van der Waals surface area contributed by atoms with E-state index in [9.17, 15) is 4.39 Å². The van der Waals surface area contributed by atoms with Gasteiger partial charge in [-0.25, -0.2) is 29.3 Å². The third-order valence-corrected chi connectivity index (χ3v) is 2.56. The van der Waals surface area contributed by atoms with Gasteiger partial charge < -0.3 is 0 Å². The summed E-state index contributed by atoms with van der Waals surface area (Å²) in [6.45, 7) is 0. The molecule has 5 nitrogen and oxygen atoms in total. The Hall–Kier alpha value is -2.76. The fourth-order valence-corrected chi connectivity index (χ4v) is 1.71. The van der Waals surface area contributed by atoms with Crippen molar-refractivity contribution in [3.05, 3.63) is 55.3 Å². The van der Waals surface area contributed by atoms with Crippen LogP contribution in [0, 0.1) is 5.82 Å². The summed E-state index contributed by atoms with van der Waals surface area (Å²) in [7, 11) is 0. The molecule has 0 aliphatic carbocycles. The van der Waals surface area contributed by atoms with Gasteiger partial charge in [0.25, 0.3) is 0 Å². The first-order valence-corrected chi connectivity index (χ1v) is 5.53. The number of benzene rings is 1. The van der Waals surface area contributed by atoms with Crippen molar-refractivity contribution in [2.45, 2.75) is 0 Å². The number of halogens is 1. The molecule has 0 N–H and O–H groups in total. The lowest BCUT2D eigenvalue weighted by Crippen LogP contribution is -1.95. The lowest BCUT2D eigenvalue weighted by molar-refractivity contribution is 0.628. The van der Waals surface area contributed by atoms with Crippen LogP contribution in [0.4, 0.5) is 4.39 Å². The van der Waals surface area contributed by atoms with Gasteiger partial charge in [0.1, 0.15) is 24.8 Å². The van der Waals surface area contributed by atoms with Crippen LogP contribution < -0.4 is 0 Å². The molecular weight excluding hydrogens is 245 g/mol. The van der Waals surface area contributed by atoms with E-state index in [1.807, 2.05) is 0 Å². The number of aromatic nitrogens is 5. The summed E-state index contributed by atoms with van der Waals surface area (Å²) in [5, 5.41) is 0. The predicted octanol–water partition coefficient (Wildman–Crippen LogP) is 2.13. The molecule has 0 saturated carbocycles. The highest BCUT2D eigenvalue weighted by Crippen LogP contribution is 2.26. The molecule has 0 spiro atoms. The molecule has 0 saturated heterocycles. The minimum absolute atomic E-state index is 0.292. The predicted molar refractivity (Wildman–Crippen MR) is 66.2 cm³/mol. The number of nitrogens with zero attached hydrogens (tertiary/aromatic N) is 5. The van der Waals surface area contributed by atoms with Gasteiger partial charge in [-0.15, -0.1) is 0 Å². The molecule has 2 aromatic heterocycles. The molecule has 0 atom stereocenters. The van der Waals surface area contributed by atoms with E-state index in [1.54, 1.807) is 18.3 Å². The molecule has 0 radical (unpaired) electrons. The van der Waals surface area contributed by atoms with E-state index in [4.69, 9.17) is 0 Å². The highest BCUT2D eigenvalue weighted by atomic mass is 19.1. The first-order valence-electron chi connectivity index (χ1n) is 5.53. The van der Waals surface area contributed by atoms with Crippen LogP contribution in [0.1, 0.15) is 0 Å². The number of hydrogen-bond acceptors (Lipinski definition) is 5. The van der Waals surface area contributed by atoms with Crippen molar-refractivity contribution in [3.63, 3.8) is 0 Å². The Labute approximate surface area is 108 Å². The van der Waals surface area contributed by atoms with E-state index in [0.29, 0.717) is 17.1 Å². The molecule has 2 heterocycles. The van der Waals surface area contributed by atoms with Gasteiger partial charge in [0.15, 0.2) is 5.82 Å². The van der Waals surface area contributed by atoms with Gasteiger partial charge in [-0.3, -0.25) is 0 Å². The van der Waals surface area contributed by atoms with Crippen LogP contribution >= 0.6 is 0 Å². The lowest BCUT2D eigenvalue weighted by atomic mass is 10.1. The average Bonchev–Trinajstić information content (AvgIpc) is 2.49. The van der Waals surface area contributed by atoms with Gasteiger partial charge in [0, 0.05) is 11.8 Å². The number of rotatable bonds is 2. The van der Waals surface area contributed by atoms with Gasteiger partial charge >= 0.3 is 0 Å².